The lowest BCUT2D eigenvalue weighted by atomic mass is 9.87. The van der Waals surface area contributed by atoms with Crippen molar-refractivity contribution in [1.82, 2.24) is 4.31 Å². The van der Waals surface area contributed by atoms with Crippen molar-refractivity contribution in [3.63, 3.8) is 0 Å². The summed E-state index contributed by atoms with van der Waals surface area (Å²) in [5, 5.41) is 0. The van der Waals surface area contributed by atoms with E-state index in [0.29, 0.717) is 42.2 Å². The van der Waals surface area contributed by atoms with E-state index in [2.05, 4.69) is 6.58 Å². The van der Waals surface area contributed by atoms with Gasteiger partial charge in [0.2, 0.25) is 10.0 Å². The van der Waals surface area contributed by atoms with E-state index in [1.165, 1.54) is 20.0 Å². The average molecular weight is 540 g/mol. The second-order valence-electron chi connectivity index (χ2n) is 10.2. The van der Waals surface area contributed by atoms with Crippen molar-refractivity contribution in [3.8, 4) is 5.75 Å². The number of carbonyl (C=O) groups is 1. The number of hydrogen-bond acceptors (Lipinski definition) is 5. The van der Waals surface area contributed by atoms with Crippen molar-refractivity contribution in [2.24, 2.45) is 0 Å². The number of halogens is 3. The Labute approximate surface area is 216 Å². The summed E-state index contributed by atoms with van der Waals surface area (Å²) < 4.78 is 79.8. The van der Waals surface area contributed by atoms with Gasteiger partial charge >= 0.3 is 12.1 Å². The fourth-order valence-electron chi connectivity index (χ4n) is 4.30. The summed E-state index contributed by atoms with van der Waals surface area (Å²) in [6.07, 6.45) is -3.01. The van der Waals surface area contributed by atoms with Gasteiger partial charge in [-0.05, 0) is 87.9 Å². The van der Waals surface area contributed by atoms with Crippen molar-refractivity contribution in [2.45, 2.75) is 69.7 Å². The molecule has 1 aliphatic carbocycles. The zero-order valence-electron chi connectivity index (χ0n) is 21.6. The molecule has 1 atom stereocenters. The first-order valence-corrected chi connectivity index (χ1v) is 13.3. The van der Waals surface area contributed by atoms with Crippen molar-refractivity contribution in [1.29, 1.82) is 0 Å². The quantitative estimate of drug-likeness (QED) is 0.394. The number of carbonyl (C=O) groups excluding carboxylic acids is 1. The van der Waals surface area contributed by atoms with E-state index < -0.39 is 44.3 Å². The SMILES string of the molecule is C=C(C)c1cc(C(F)(F)F)cc(S(=O)(=O)N(C)C2CCCc3c(OCC(=O)OC(C)(C)C)cccc32)c1. The van der Waals surface area contributed by atoms with Crippen LogP contribution in [0.5, 0.6) is 5.75 Å². The summed E-state index contributed by atoms with van der Waals surface area (Å²) in [6.45, 7) is 10.1. The Morgan fingerprint density at radius 2 is 1.84 bits per heavy atom. The van der Waals surface area contributed by atoms with E-state index in [9.17, 15) is 26.4 Å². The summed E-state index contributed by atoms with van der Waals surface area (Å²) in [5.74, 6) is -0.0856. The van der Waals surface area contributed by atoms with Gasteiger partial charge in [-0.25, -0.2) is 13.2 Å². The molecule has 10 heteroatoms. The fourth-order valence-corrected chi connectivity index (χ4v) is 5.74. The molecule has 0 N–H and O–H groups in total. The van der Waals surface area contributed by atoms with Gasteiger partial charge < -0.3 is 9.47 Å². The highest BCUT2D eigenvalue weighted by molar-refractivity contribution is 7.89. The number of allylic oxidation sites excluding steroid dienone is 1. The highest BCUT2D eigenvalue weighted by atomic mass is 32.2. The summed E-state index contributed by atoms with van der Waals surface area (Å²) in [7, 11) is -2.94. The van der Waals surface area contributed by atoms with Crippen molar-refractivity contribution in [3.05, 3.63) is 65.2 Å². The van der Waals surface area contributed by atoms with Gasteiger partial charge in [-0.1, -0.05) is 24.3 Å². The van der Waals surface area contributed by atoms with E-state index in [1.807, 2.05) is 0 Å². The Kier molecular flexibility index (Phi) is 8.14. The predicted octanol–water partition coefficient (Wildman–Crippen LogP) is 6.16. The molecular formula is C27H32F3NO5S. The van der Waals surface area contributed by atoms with Gasteiger partial charge in [-0.2, -0.15) is 17.5 Å². The van der Waals surface area contributed by atoms with Crippen LogP contribution in [-0.4, -0.2) is 37.9 Å². The van der Waals surface area contributed by atoms with Crippen molar-refractivity contribution in [2.75, 3.05) is 13.7 Å². The topological polar surface area (TPSA) is 72.9 Å². The Hall–Kier alpha value is -2.85. The molecule has 37 heavy (non-hydrogen) atoms. The van der Waals surface area contributed by atoms with Crippen LogP contribution in [0.4, 0.5) is 13.2 Å². The van der Waals surface area contributed by atoms with Crippen molar-refractivity contribution >= 4 is 21.6 Å². The first-order chi connectivity index (χ1) is 17.0. The molecule has 2 aromatic rings. The highest BCUT2D eigenvalue weighted by Gasteiger charge is 2.36. The Balaban J connectivity index is 1.95. The summed E-state index contributed by atoms with van der Waals surface area (Å²) in [5.41, 5.74) is 0.152. The second kappa shape index (κ2) is 10.5. The molecule has 202 valence electrons. The van der Waals surface area contributed by atoms with Crippen LogP contribution < -0.4 is 4.74 Å². The van der Waals surface area contributed by atoms with Crippen LogP contribution in [0.25, 0.3) is 5.57 Å². The minimum absolute atomic E-state index is 0.101. The van der Waals surface area contributed by atoms with Crippen LogP contribution in [0, 0.1) is 0 Å². The molecular weight excluding hydrogens is 507 g/mol. The molecule has 3 rings (SSSR count). The van der Waals surface area contributed by atoms with E-state index in [4.69, 9.17) is 9.47 Å². The first-order valence-electron chi connectivity index (χ1n) is 11.8. The Morgan fingerprint density at radius 3 is 2.43 bits per heavy atom. The Bertz CT molecular complexity index is 1300. The van der Waals surface area contributed by atoms with E-state index >= 15 is 0 Å². The van der Waals surface area contributed by atoms with Crippen LogP contribution in [0.2, 0.25) is 0 Å². The molecule has 1 aliphatic rings. The maximum absolute atomic E-state index is 13.6. The van der Waals surface area contributed by atoms with Gasteiger partial charge in [-0.15, -0.1) is 0 Å². The van der Waals surface area contributed by atoms with Gasteiger partial charge in [0.1, 0.15) is 11.4 Å². The normalized spacial score (nSPS) is 16.3. The van der Waals surface area contributed by atoms with Crippen LogP contribution >= 0.6 is 0 Å². The summed E-state index contributed by atoms with van der Waals surface area (Å²) in [6, 6.07) is 7.32. The van der Waals surface area contributed by atoms with E-state index in [-0.39, 0.29) is 12.2 Å². The zero-order chi connectivity index (χ0) is 27.8. The maximum atomic E-state index is 13.6. The second-order valence-corrected chi connectivity index (χ2v) is 12.1. The molecule has 0 fully saturated rings. The third-order valence-corrected chi connectivity index (χ3v) is 7.88. The monoisotopic (exact) mass is 539 g/mol. The molecule has 0 aliphatic heterocycles. The molecule has 0 heterocycles. The zero-order valence-corrected chi connectivity index (χ0v) is 22.4. The number of sulfonamides is 1. The fraction of sp³-hybridized carbons (Fsp3) is 0.444. The lowest BCUT2D eigenvalue weighted by molar-refractivity contribution is -0.157. The van der Waals surface area contributed by atoms with Crippen molar-refractivity contribution < 1.29 is 35.9 Å². The molecule has 0 radical (unpaired) electrons. The molecule has 0 spiro atoms. The number of fused-ring (bicyclic) bond motifs is 1. The number of hydrogen-bond donors (Lipinski definition) is 0. The lowest BCUT2D eigenvalue weighted by Crippen LogP contribution is -2.34. The summed E-state index contributed by atoms with van der Waals surface area (Å²) >= 11 is 0. The smallest absolute Gasteiger partial charge is 0.416 e. The Morgan fingerprint density at radius 1 is 1.16 bits per heavy atom. The number of ether oxygens (including phenoxy) is 2. The van der Waals surface area contributed by atoms with E-state index in [1.54, 1.807) is 39.0 Å². The molecule has 0 saturated heterocycles. The number of benzene rings is 2. The standard InChI is InChI=1S/C27H32F3NO5S/c1-17(2)18-13-19(27(28,29)30)15-20(14-18)37(33,34)31(6)23-11-7-10-22-21(23)9-8-12-24(22)35-16-25(32)36-26(3,4)5/h8-9,12-15,23H,1,7,10-11,16H2,2-6H3. The third kappa shape index (κ3) is 6.73. The maximum Gasteiger partial charge on any atom is 0.416 e. The molecule has 2 aromatic carbocycles. The highest BCUT2D eigenvalue weighted by Crippen LogP contribution is 2.41. The van der Waals surface area contributed by atoms with Gasteiger partial charge in [0.05, 0.1) is 16.5 Å². The van der Waals surface area contributed by atoms with Gasteiger partial charge in [0.15, 0.2) is 6.61 Å². The molecule has 6 nitrogen and oxygen atoms in total. The number of alkyl halides is 3. The molecule has 1 unspecified atom stereocenters. The van der Waals surface area contributed by atoms with Gasteiger partial charge in [0, 0.05) is 7.05 Å². The third-order valence-electron chi connectivity index (χ3n) is 6.04. The number of nitrogens with zero attached hydrogens (tertiary/aromatic N) is 1. The van der Waals surface area contributed by atoms with Crippen LogP contribution in [-0.2, 0) is 32.2 Å². The lowest BCUT2D eigenvalue weighted by Gasteiger charge is -2.33. The minimum atomic E-state index is -4.72. The van der Waals surface area contributed by atoms with Crippen LogP contribution in [0.3, 0.4) is 0 Å². The molecule has 0 bridgehead atoms. The first kappa shape index (κ1) is 28.7. The van der Waals surface area contributed by atoms with Gasteiger partial charge in [-0.3, -0.25) is 0 Å². The minimum Gasteiger partial charge on any atom is -0.482 e. The van der Waals surface area contributed by atoms with Crippen LogP contribution in [0.1, 0.15) is 68.8 Å². The predicted molar refractivity (Wildman–Crippen MR) is 135 cm³/mol. The van der Waals surface area contributed by atoms with Gasteiger partial charge in [0.25, 0.3) is 0 Å². The number of rotatable bonds is 7. The number of esters is 1. The van der Waals surface area contributed by atoms with Crippen LogP contribution in [0.15, 0.2) is 47.9 Å². The molecule has 0 aromatic heterocycles. The molecule has 0 saturated carbocycles. The summed E-state index contributed by atoms with van der Waals surface area (Å²) in [4.78, 5) is 11.7. The molecule has 0 amide bonds. The van der Waals surface area contributed by atoms with E-state index in [0.717, 1.165) is 15.9 Å². The largest absolute Gasteiger partial charge is 0.482 e. The average Bonchev–Trinajstić information content (AvgIpc) is 2.79.